The smallest absolute Gasteiger partial charge is 0.431 e. The summed E-state index contributed by atoms with van der Waals surface area (Å²) in [4.78, 5) is 35.7. The molecule has 0 aliphatic carbocycles. The van der Waals surface area contributed by atoms with Crippen molar-refractivity contribution in [2.45, 2.75) is 24.5 Å². The molecule has 0 spiro atoms. The zero-order chi connectivity index (χ0) is 16.3. The predicted octanol–water partition coefficient (Wildman–Crippen LogP) is -1.55. The molecule has 2 rings (SSSR count). The molecular formula is C12H14N2O8. The lowest BCUT2D eigenvalue weighted by Gasteiger charge is -2.16. The van der Waals surface area contributed by atoms with Crippen LogP contribution in [0.3, 0.4) is 0 Å². The lowest BCUT2D eigenvalue weighted by Crippen LogP contribution is -2.37. The van der Waals surface area contributed by atoms with Crippen LogP contribution in [0.5, 0.6) is 0 Å². The van der Waals surface area contributed by atoms with Crippen molar-refractivity contribution in [2.75, 3.05) is 6.61 Å². The Morgan fingerprint density at radius 3 is 2.82 bits per heavy atom. The summed E-state index contributed by atoms with van der Waals surface area (Å²) in [5, 5.41) is 19.8. The minimum absolute atomic E-state index is 0.403. The summed E-state index contributed by atoms with van der Waals surface area (Å²) in [5.74, 6) is 0. The number of aromatic amines is 1. The molecule has 1 aromatic heterocycles. The molecule has 2 heterocycles. The molecule has 1 fully saturated rings. The monoisotopic (exact) mass is 314 g/mol. The first-order valence-electron chi connectivity index (χ1n) is 6.21. The predicted molar refractivity (Wildman–Crippen MR) is 69.9 cm³/mol. The normalized spacial score (nSPS) is 27.4. The fraction of sp³-hybridized carbons (Fsp3) is 0.417. The first kappa shape index (κ1) is 15.9. The van der Waals surface area contributed by atoms with Gasteiger partial charge in [-0.2, -0.15) is 0 Å². The van der Waals surface area contributed by atoms with Gasteiger partial charge in [-0.15, -0.1) is 0 Å². The Labute approximate surface area is 123 Å². The van der Waals surface area contributed by atoms with E-state index in [0.29, 0.717) is 0 Å². The number of aromatic nitrogens is 2. The standard InChI is InChI=1S/C12H14N2O8/c1-2-20-12(19)21-5-6-8(16)9(17)10(22-6)14-4-3-7(15)13-11(14)18/h2-4,6,8-10,16-17H,1,5H2,(H,13,15,18)/t6-,8-,9-,10-/m1/s1. The van der Waals surface area contributed by atoms with E-state index in [-0.39, 0.29) is 0 Å². The van der Waals surface area contributed by atoms with Crippen LogP contribution in [0.25, 0.3) is 0 Å². The summed E-state index contributed by atoms with van der Waals surface area (Å²) in [5.41, 5.74) is -1.42. The second-order valence-electron chi connectivity index (χ2n) is 4.41. The van der Waals surface area contributed by atoms with Crippen LogP contribution in [-0.4, -0.2) is 50.8 Å². The minimum Gasteiger partial charge on any atom is -0.431 e. The number of carbonyl (C=O) groups excluding carboxylic acids is 1. The van der Waals surface area contributed by atoms with Gasteiger partial charge in [0.1, 0.15) is 24.9 Å². The third-order valence-electron chi connectivity index (χ3n) is 3.01. The molecule has 1 aliphatic rings. The highest BCUT2D eigenvalue weighted by molar-refractivity contribution is 5.60. The Bertz CT molecular complexity index is 666. The first-order chi connectivity index (χ1) is 10.4. The van der Waals surface area contributed by atoms with Gasteiger partial charge in [-0.05, 0) is 0 Å². The molecule has 120 valence electrons. The van der Waals surface area contributed by atoms with E-state index in [9.17, 15) is 24.6 Å². The Hall–Kier alpha value is -2.43. The SMILES string of the molecule is C=COC(=O)OC[C@H]1O[C@@H](n2ccc(=O)[nH]c2=O)[C@H](O)[C@@H]1O. The number of aliphatic hydroxyl groups excluding tert-OH is 2. The topological polar surface area (TPSA) is 140 Å². The maximum Gasteiger partial charge on any atom is 0.513 e. The zero-order valence-corrected chi connectivity index (χ0v) is 11.2. The number of nitrogens with one attached hydrogen (secondary N) is 1. The summed E-state index contributed by atoms with van der Waals surface area (Å²) >= 11 is 0. The molecule has 0 amide bonds. The van der Waals surface area contributed by atoms with Gasteiger partial charge in [0.25, 0.3) is 5.56 Å². The second kappa shape index (κ2) is 6.56. The summed E-state index contributed by atoms with van der Waals surface area (Å²) in [6.45, 7) is 2.76. The molecule has 0 saturated carbocycles. The largest absolute Gasteiger partial charge is 0.513 e. The molecule has 0 unspecified atom stereocenters. The van der Waals surface area contributed by atoms with Gasteiger partial charge in [0, 0.05) is 12.3 Å². The maximum atomic E-state index is 11.7. The Morgan fingerprint density at radius 1 is 1.45 bits per heavy atom. The molecule has 1 aromatic rings. The molecule has 22 heavy (non-hydrogen) atoms. The van der Waals surface area contributed by atoms with Crippen molar-refractivity contribution >= 4 is 6.16 Å². The number of hydrogen-bond acceptors (Lipinski definition) is 8. The molecule has 4 atom stereocenters. The molecular weight excluding hydrogens is 300 g/mol. The van der Waals surface area contributed by atoms with E-state index in [2.05, 4.69) is 16.1 Å². The molecule has 1 aliphatic heterocycles. The number of aliphatic hydroxyl groups is 2. The lowest BCUT2D eigenvalue weighted by atomic mass is 10.1. The van der Waals surface area contributed by atoms with E-state index in [1.165, 1.54) is 0 Å². The van der Waals surface area contributed by atoms with E-state index in [1.54, 1.807) is 0 Å². The highest BCUT2D eigenvalue weighted by atomic mass is 16.7. The summed E-state index contributed by atoms with van der Waals surface area (Å²) < 4.78 is 15.2. The molecule has 0 aromatic carbocycles. The van der Waals surface area contributed by atoms with Gasteiger partial charge in [-0.1, -0.05) is 6.58 Å². The van der Waals surface area contributed by atoms with Gasteiger partial charge in [0.2, 0.25) is 0 Å². The number of H-pyrrole nitrogens is 1. The Morgan fingerprint density at radius 2 is 2.18 bits per heavy atom. The number of hydrogen-bond donors (Lipinski definition) is 3. The van der Waals surface area contributed by atoms with Crippen LogP contribution in [0.15, 0.2) is 34.7 Å². The van der Waals surface area contributed by atoms with E-state index >= 15 is 0 Å². The van der Waals surface area contributed by atoms with Crippen molar-refractivity contribution in [3.05, 3.63) is 45.9 Å². The van der Waals surface area contributed by atoms with Crippen LogP contribution < -0.4 is 11.2 Å². The molecule has 1 saturated heterocycles. The summed E-state index contributed by atoms with van der Waals surface area (Å²) in [6, 6.07) is 1.06. The van der Waals surface area contributed by atoms with Gasteiger partial charge < -0.3 is 24.4 Å². The van der Waals surface area contributed by atoms with Crippen LogP contribution in [0.4, 0.5) is 4.79 Å². The van der Waals surface area contributed by atoms with E-state index in [1.807, 2.05) is 4.98 Å². The average Bonchev–Trinajstić information content (AvgIpc) is 2.74. The molecule has 10 heteroatoms. The van der Waals surface area contributed by atoms with Crippen LogP contribution >= 0.6 is 0 Å². The van der Waals surface area contributed by atoms with Crippen LogP contribution in [0.1, 0.15) is 6.23 Å². The van der Waals surface area contributed by atoms with Gasteiger partial charge in [-0.25, -0.2) is 9.59 Å². The van der Waals surface area contributed by atoms with Gasteiger partial charge in [0.15, 0.2) is 6.23 Å². The van der Waals surface area contributed by atoms with Crippen LogP contribution in [0, 0.1) is 0 Å². The van der Waals surface area contributed by atoms with Gasteiger partial charge >= 0.3 is 11.8 Å². The summed E-state index contributed by atoms with van der Waals surface area (Å²) in [7, 11) is 0. The second-order valence-corrected chi connectivity index (χ2v) is 4.41. The average molecular weight is 314 g/mol. The van der Waals surface area contributed by atoms with Crippen molar-refractivity contribution in [1.29, 1.82) is 0 Å². The quantitative estimate of drug-likeness (QED) is 0.448. The number of rotatable bonds is 4. The van der Waals surface area contributed by atoms with E-state index < -0.39 is 48.6 Å². The zero-order valence-electron chi connectivity index (χ0n) is 11.2. The van der Waals surface area contributed by atoms with Crippen molar-refractivity contribution < 1.29 is 29.2 Å². The minimum atomic E-state index is -1.45. The van der Waals surface area contributed by atoms with Crippen molar-refractivity contribution in [2.24, 2.45) is 0 Å². The number of nitrogens with zero attached hydrogens (tertiary/aromatic N) is 1. The van der Waals surface area contributed by atoms with Crippen molar-refractivity contribution in [3.63, 3.8) is 0 Å². The first-order valence-corrected chi connectivity index (χ1v) is 6.21. The third kappa shape index (κ3) is 3.24. The maximum absolute atomic E-state index is 11.7. The van der Waals surface area contributed by atoms with Gasteiger partial charge in [0.05, 0.1) is 6.26 Å². The third-order valence-corrected chi connectivity index (χ3v) is 3.01. The highest BCUT2D eigenvalue weighted by Crippen LogP contribution is 2.28. The Kier molecular flexibility index (Phi) is 4.75. The van der Waals surface area contributed by atoms with Crippen molar-refractivity contribution in [1.82, 2.24) is 9.55 Å². The van der Waals surface area contributed by atoms with Crippen LogP contribution in [0.2, 0.25) is 0 Å². The fourth-order valence-corrected chi connectivity index (χ4v) is 1.98. The van der Waals surface area contributed by atoms with E-state index in [0.717, 1.165) is 23.1 Å². The van der Waals surface area contributed by atoms with Crippen molar-refractivity contribution in [3.8, 4) is 0 Å². The number of carbonyl (C=O) groups is 1. The summed E-state index contributed by atoms with van der Waals surface area (Å²) in [6.07, 6.45) is -4.22. The molecule has 10 nitrogen and oxygen atoms in total. The highest BCUT2D eigenvalue weighted by Gasteiger charge is 2.44. The molecule has 0 bridgehead atoms. The fourth-order valence-electron chi connectivity index (χ4n) is 1.98. The Balaban J connectivity index is 2.09. The lowest BCUT2D eigenvalue weighted by molar-refractivity contribution is -0.0616. The van der Waals surface area contributed by atoms with E-state index in [4.69, 9.17) is 4.74 Å². The number of ether oxygens (including phenoxy) is 3. The van der Waals surface area contributed by atoms with Gasteiger partial charge in [-0.3, -0.25) is 14.3 Å². The molecule has 3 N–H and O–H groups in total. The van der Waals surface area contributed by atoms with Crippen LogP contribution in [-0.2, 0) is 14.2 Å². The molecule has 0 radical (unpaired) electrons.